The summed E-state index contributed by atoms with van der Waals surface area (Å²) in [7, 11) is -4.04. The number of amides is 1. The highest BCUT2D eigenvalue weighted by Gasteiger charge is 2.27. The molecule has 0 aliphatic heterocycles. The van der Waals surface area contributed by atoms with Gasteiger partial charge in [-0.25, -0.2) is 12.8 Å². The summed E-state index contributed by atoms with van der Waals surface area (Å²) < 4.78 is 46.3. The van der Waals surface area contributed by atoms with Crippen molar-refractivity contribution in [2.75, 3.05) is 18.5 Å². The topological polar surface area (TPSA) is 75.7 Å². The van der Waals surface area contributed by atoms with Crippen molar-refractivity contribution >= 4 is 33.2 Å². The predicted molar refractivity (Wildman–Crippen MR) is 122 cm³/mol. The zero-order valence-electron chi connectivity index (χ0n) is 17.3. The van der Waals surface area contributed by atoms with Gasteiger partial charge in [0.1, 0.15) is 11.6 Å². The number of benzene rings is 3. The molecule has 9 heteroatoms. The summed E-state index contributed by atoms with van der Waals surface area (Å²) in [5, 5.41) is 2.97. The van der Waals surface area contributed by atoms with Gasteiger partial charge in [0.2, 0.25) is 15.9 Å². The summed E-state index contributed by atoms with van der Waals surface area (Å²) in [5.41, 5.74) is 0.908. The van der Waals surface area contributed by atoms with Gasteiger partial charge >= 0.3 is 0 Å². The molecule has 168 valence electrons. The third-order valence-corrected chi connectivity index (χ3v) is 6.70. The van der Waals surface area contributed by atoms with Gasteiger partial charge in [-0.1, -0.05) is 29.8 Å². The number of sulfonamides is 1. The van der Waals surface area contributed by atoms with Gasteiger partial charge in [0.15, 0.2) is 0 Å². The fourth-order valence-electron chi connectivity index (χ4n) is 2.96. The average Bonchev–Trinajstić information content (AvgIpc) is 2.77. The highest BCUT2D eigenvalue weighted by molar-refractivity contribution is 7.89. The molecule has 0 fully saturated rings. The SMILES string of the molecule is CCOc1ccc(S(=O)(=O)N(CC(=O)Nc2ccc(F)cc2)Cc2ccccc2Cl)cc1. The molecular weight excluding hydrogens is 455 g/mol. The first-order valence-electron chi connectivity index (χ1n) is 9.81. The Morgan fingerprint density at radius 3 is 2.31 bits per heavy atom. The molecule has 0 atom stereocenters. The Morgan fingerprint density at radius 2 is 1.69 bits per heavy atom. The first-order valence-corrected chi connectivity index (χ1v) is 11.6. The molecule has 6 nitrogen and oxygen atoms in total. The zero-order valence-corrected chi connectivity index (χ0v) is 18.9. The fourth-order valence-corrected chi connectivity index (χ4v) is 4.53. The Balaban J connectivity index is 1.87. The minimum absolute atomic E-state index is 0.0163. The molecule has 32 heavy (non-hydrogen) atoms. The molecule has 0 heterocycles. The largest absolute Gasteiger partial charge is 0.494 e. The number of rotatable bonds is 9. The van der Waals surface area contributed by atoms with Gasteiger partial charge in [-0.05, 0) is 67.1 Å². The molecular formula is C23H22ClFN2O4S. The molecule has 0 aliphatic carbocycles. The number of ether oxygens (including phenoxy) is 1. The van der Waals surface area contributed by atoms with Crippen LogP contribution in [-0.4, -0.2) is 31.8 Å². The van der Waals surface area contributed by atoms with E-state index in [9.17, 15) is 17.6 Å². The van der Waals surface area contributed by atoms with Gasteiger partial charge in [0, 0.05) is 17.3 Å². The molecule has 0 saturated heterocycles. The second-order valence-corrected chi connectivity index (χ2v) is 9.17. The average molecular weight is 477 g/mol. The van der Waals surface area contributed by atoms with Crippen LogP contribution in [-0.2, 0) is 21.4 Å². The monoisotopic (exact) mass is 476 g/mol. The second kappa shape index (κ2) is 10.6. The number of carbonyl (C=O) groups excluding carboxylic acids is 1. The van der Waals surface area contributed by atoms with E-state index in [4.69, 9.17) is 16.3 Å². The van der Waals surface area contributed by atoms with Gasteiger partial charge < -0.3 is 10.1 Å². The Labute approximate surface area is 191 Å². The van der Waals surface area contributed by atoms with E-state index in [0.29, 0.717) is 28.6 Å². The quantitative estimate of drug-likeness (QED) is 0.485. The lowest BCUT2D eigenvalue weighted by Crippen LogP contribution is -2.37. The number of nitrogens with one attached hydrogen (secondary N) is 1. The van der Waals surface area contributed by atoms with Crippen molar-refractivity contribution in [3.05, 3.63) is 89.2 Å². The maximum absolute atomic E-state index is 13.4. The maximum atomic E-state index is 13.4. The van der Waals surface area contributed by atoms with Crippen LogP contribution in [0.5, 0.6) is 5.75 Å². The van der Waals surface area contributed by atoms with Crippen LogP contribution < -0.4 is 10.1 Å². The summed E-state index contributed by atoms with van der Waals surface area (Å²) in [4.78, 5) is 12.7. The zero-order chi connectivity index (χ0) is 23.1. The molecule has 3 aromatic carbocycles. The number of carbonyl (C=O) groups is 1. The van der Waals surface area contributed by atoms with Crippen LogP contribution in [0.25, 0.3) is 0 Å². The Bertz CT molecular complexity index is 1170. The molecule has 3 rings (SSSR count). The third kappa shape index (κ3) is 6.06. The van der Waals surface area contributed by atoms with Crippen molar-refractivity contribution in [1.29, 1.82) is 0 Å². The minimum atomic E-state index is -4.04. The summed E-state index contributed by atoms with van der Waals surface area (Å²) in [6, 6.07) is 18.0. The van der Waals surface area contributed by atoms with Gasteiger partial charge in [-0.2, -0.15) is 4.31 Å². The molecule has 0 bridgehead atoms. The Morgan fingerprint density at radius 1 is 1.03 bits per heavy atom. The van der Waals surface area contributed by atoms with Crippen LogP contribution in [0.15, 0.2) is 77.7 Å². The third-order valence-electron chi connectivity index (χ3n) is 4.52. The number of hydrogen-bond acceptors (Lipinski definition) is 4. The lowest BCUT2D eigenvalue weighted by atomic mass is 10.2. The van der Waals surface area contributed by atoms with Crippen molar-refractivity contribution in [3.8, 4) is 5.75 Å². The molecule has 0 unspecified atom stereocenters. The van der Waals surface area contributed by atoms with E-state index in [0.717, 1.165) is 4.31 Å². The van der Waals surface area contributed by atoms with Gasteiger partial charge in [-0.15, -0.1) is 0 Å². The van der Waals surface area contributed by atoms with Crippen LogP contribution >= 0.6 is 11.6 Å². The Hall–Kier alpha value is -2.94. The summed E-state index contributed by atoms with van der Waals surface area (Å²) in [6.45, 7) is 1.72. The molecule has 1 N–H and O–H groups in total. The van der Waals surface area contributed by atoms with Crippen molar-refractivity contribution in [1.82, 2.24) is 4.31 Å². The normalized spacial score (nSPS) is 11.4. The second-order valence-electron chi connectivity index (χ2n) is 6.82. The standard InChI is InChI=1S/C23H22ClFN2O4S/c1-2-31-20-11-13-21(14-12-20)32(29,30)27(15-17-5-3-4-6-22(17)24)16-23(28)26-19-9-7-18(25)8-10-19/h3-14H,2,15-16H2,1H3,(H,26,28). The van der Waals surface area contributed by atoms with Crippen LogP contribution in [0.3, 0.4) is 0 Å². The van der Waals surface area contributed by atoms with Crippen molar-refractivity contribution in [3.63, 3.8) is 0 Å². The van der Waals surface area contributed by atoms with E-state index in [1.54, 1.807) is 36.4 Å². The molecule has 0 spiro atoms. The highest BCUT2D eigenvalue weighted by Crippen LogP contribution is 2.24. The molecule has 0 saturated carbocycles. The van der Waals surface area contributed by atoms with E-state index < -0.39 is 28.3 Å². The van der Waals surface area contributed by atoms with Gasteiger partial charge in [-0.3, -0.25) is 4.79 Å². The van der Waals surface area contributed by atoms with Crippen molar-refractivity contribution < 1.29 is 22.3 Å². The van der Waals surface area contributed by atoms with Crippen molar-refractivity contribution in [2.24, 2.45) is 0 Å². The molecule has 0 aliphatic rings. The summed E-state index contributed by atoms with van der Waals surface area (Å²) in [5.74, 6) is -0.474. The minimum Gasteiger partial charge on any atom is -0.494 e. The number of nitrogens with zero attached hydrogens (tertiary/aromatic N) is 1. The van der Waals surface area contributed by atoms with E-state index in [1.165, 1.54) is 36.4 Å². The summed E-state index contributed by atoms with van der Waals surface area (Å²) in [6.07, 6.45) is 0. The van der Waals surface area contributed by atoms with Crippen LogP contribution in [0.1, 0.15) is 12.5 Å². The maximum Gasteiger partial charge on any atom is 0.243 e. The van der Waals surface area contributed by atoms with E-state index in [2.05, 4.69) is 5.32 Å². The van der Waals surface area contributed by atoms with Gasteiger partial charge in [0.05, 0.1) is 18.0 Å². The van der Waals surface area contributed by atoms with E-state index in [-0.39, 0.29) is 11.4 Å². The van der Waals surface area contributed by atoms with E-state index >= 15 is 0 Å². The lowest BCUT2D eigenvalue weighted by molar-refractivity contribution is -0.116. The molecule has 0 radical (unpaired) electrons. The van der Waals surface area contributed by atoms with Gasteiger partial charge in [0.25, 0.3) is 0 Å². The highest BCUT2D eigenvalue weighted by atomic mass is 35.5. The molecule has 1 amide bonds. The van der Waals surface area contributed by atoms with Crippen LogP contribution in [0, 0.1) is 5.82 Å². The first-order chi connectivity index (χ1) is 15.3. The smallest absolute Gasteiger partial charge is 0.243 e. The Kier molecular flexibility index (Phi) is 7.84. The summed E-state index contributed by atoms with van der Waals surface area (Å²) >= 11 is 6.23. The lowest BCUT2D eigenvalue weighted by Gasteiger charge is -2.22. The first kappa shape index (κ1) is 23.7. The van der Waals surface area contributed by atoms with Crippen LogP contribution in [0.4, 0.5) is 10.1 Å². The van der Waals surface area contributed by atoms with E-state index in [1.807, 2.05) is 6.92 Å². The number of anilines is 1. The fraction of sp³-hybridized carbons (Fsp3) is 0.174. The predicted octanol–water partition coefficient (Wildman–Crippen LogP) is 4.71. The van der Waals surface area contributed by atoms with Crippen molar-refractivity contribution in [2.45, 2.75) is 18.4 Å². The van der Waals surface area contributed by atoms with Crippen LogP contribution in [0.2, 0.25) is 5.02 Å². The number of hydrogen-bond donors (Lipinski definition) is 1. The molecule has 3 aromatic rings. The molecule has 0 aromatic heterocycles. The number of halogens is 2.